The van der Waals surface area contributed by atoms with Crippen molar-refractivity contribution < 1.29 is 46.2 Å². The van der Waals surface area contributed by atoms with E-state index in [4.69, 9.17) is 9.47 Å². The number of carbonyl (C=O) groups excluding carboxylic acids is 4. The van der Waals surface area contributed by atoms with Gasteiger partial charge in [-0.05, 0) is 116 Å². The summed E-state index contributed by atoms with van der Waals surface area (Å²) >= 11 is 2.82. The van der Waals surface area contributed by atoms with Gasteiger partial charge in [0, 0.05) is 23.8 Å². The fourth-order valence-electron chi connectivity index (χ4n) is 8.38. The van der Waals surface area contributed by atoms with Gasteiger partial charge in [-0.15, -0.1) is 22.7 Å². The number of aromatic nitrogens is 2. The second-order valence-electron chi connectivity index (χ2n) is 16.4. The molecule has 2 saturated carbocycles. The summed E-state index contributed by atoms with van der Waals surface area (Å²) in [6.07, 6.45) is 4.05. The number of carbonyl (C=O) groups is 4. The van der Waals surface area contributed by atoms with Crippen molar-refractivity contribution in [2.75, 3.05) is 16.0 Å². The minimum atomic E-state index is -4.71. The number of rotatable bonds is 13. The highest BCUT2D eigenvalue weighted by Gasteiger charge is 2.46. The molecule has 2 fully saturated rings. The number of fused-ring (bicyclic) bond motifs is 1. The highest BCUT2D eigenvalue weighted by Crippen LogP contribution is 2.49. The molecule has 1 unspecified atom stereocenters. The first-order valence-electron chi connectivity index (χ1n) is 21.2. The molecule has 17 heteroatoms. The summed E-state index contributed by atoms with van der Waals surface area (Å²) in [7, 11) is 0. The van der Waals surface area contributed by atoms with Crippen LogP contribution >= 0.6 is 22.7 Å². The molecular formula is C48H41F4N5O6S2. The number of benzene rings is 4. The number of hydrogen-bond donors (Lipinski definition) is 3. The van der Waals surface area contributed by atoms with Gasteiger partial charge in [0.25, 0.3) is 0 Å². The van der Waals surface area contributed by atoms with Gasteiger partial charge in [0.2, 0.25) is 5.91 Å². The Hall–Kier alpha value is -6.46. The summed E-state index contributed by atoms with van der Waals surface area (Å²) < 4.78 is 65.6. The van der Waals surface area contributed by atoms with Crippen molar-refractivity contribution in [2.45, 2.75) is 87.5 Å². The van der Waals surface area contributed by atoms with Crippen LogP contribution in [-0.2, 0) is 47.7 Å². The first kappa shape index (κ1) is 43.8. The minimum Gasteiger partial charge on any atom is -0.452 e. The van der Waals surface area contributed by atoms with Crippen molar-refractivity contribution >= 4 is 63.6 Å². The molecule has 0 saturated heterocycles. The smallest absolute Gasteiger partial charge is 0.416 e. The molecule has 3 aliphatic rings. The number of urea groups is 1. The maximum Gasteiger partial charge on any atom is 0.416 e. The topological polar surface area (TPSA) is 149 Å². The second-order valence-corrected chi connectivity index (χ2v) is 18.5. The lowest BCUT2D eigenvalue weighted by molar-refractivity contribution is -0.175. The average Bonchev–Trinajstić information content (AvgIpc) is 4.06. The van der Waals surface area contributed by atoms with Gasteiger partial charge in [-0.1, -0.05) is 48.5 Å². The summed E-state index contributed by atoms with van der Waals surface area (Å²) in [6, 6.07) is 23.0. The van der Waals surface area contributed by atoms with Gasteiger partial charge in [-0.25, -0.2) is 19.2 Å². The molecule has 2 heterocycles. The standard InChI is InChI=1S/C48H41F4N5O6S2/c49-36-17-12-31(48(50,51)52)25-37(36)57-45(61)56-33-15-10-29(11-16-33)39-26-53-43(64-39)46(20-3-4-21-46)62-40(58)18-19-41(59)63-47(22-5-23-47)44-54-27-38(65-44)28-8-13-32(14-9-28)55-42(60)35-24-30-6-1-2-7-34(30)35/h1-2,6-17,25-27,35H,3-5,18-24H2,(H,55,60)(H2,56,57,61). The molecular weight excluding hydrogens is 883 g/mol. The molecule has 4 aromatic carbocycles. The first-order chi connectivity index (χ1) is 31.3. The van der Waals surface area contributed by atoms with Crippen molar-refractivity contribution in [1.82, 2.24) is 9.97 Å². The van der Waals surface area contributed by atoms with E-state index in [-0.39, 0.29) is 24.7 Å². The van der Waals surface area contributed by atoms with E-state index in [1.54, 1.807) is 36.7 Å². The van der Waals surface area contributed by atoms with E-state index in [0.29, 0.717) is 65.3 Å². The Morgan fingerprint density at radius 3 is 1.74 bits per heavy atom. The number of anilines is 3. The Morgan fingerprint density at radius 2 is 1.22 bits per heavy atom. The largest absolute Gasteiger partial charge is 0.452 e. The van der Waals surface area contributed by atoms with Gasteiger partial charge in [-0.3, -0.25) is 14.4 Å². The zero-order valence-corrected chi connectivity index (χ0v) is 36.3. The lowest BCUT2D eigenvalue weighted by Crippen LogP contribution is -2.39. The van der Waals surface area contributed by atoms with Crippen molar-refractivity contribution in [3.8, 4) is 20.9 Å². The first-order valence-corrected chi connectivity index (χ1v) is 22.8. The van der Waals surface area contributed by atoms with Crippen LogP contribution in [0.3, 0.4) is 0 Å². The van der Waals surface area contributed by atoms with Crippen molar-refractivity contribution in [3.63, 3.8) is 0 Å². The van der Waals surface area contributed by atoms with Crippen LogP contribution in [0, 0.1) is 5.82 Å². The van der Waals surface area contributed by atoms with Gasteiger partial charge in [0.05, 0.1) is 39.8 Å². The quantitative estimate of drug-likeness (QED) is 0.0766. The SMILES string of the molecule is O=C(Nc1ccc(-c2cnc(C3(OC(=O)CCC(=O)OC4(c5ncc(-c6ccc(NC(=O)C7Cc8ccccc87)cc6)s5)CCC4)CCCC3)s2)cc1)Nc1cc(C(F)(F)F)ccc1F. The number of esters is 2. The van der Waals surface area contributed by atoms with E-state index >= 15 is 0 Å². The zero-order chi connectivity index (χ0) is 45.3. The normalized spacial score (nSPS) is 16.9. The van der Waals surface area contributed by atoms with E-state index in [1.165, 1.54) is 28.2 Å². The van der Waals surface area contributed by atoms with Crippen LogP contribution in [0.2, 0.25) is 0 Å². The van der Waals surface area contributed by atoms with Crippen LogP contribution in [0.25, 0.3) is 20.9 Å². The summed E-state index contributed by atoms with van der Waals surface area (Å²) in [4.78, 5) is 63.0. The maximum absolute atomic E-state index is 14.1. The number of ether oxygens (including phenoxy) is 2. The molecule has 334 valence electrons. The average molecular weight is 924 g/mol. The molecule has 9 rings (SSSR count). The fraction of sp³-hybridized carbons (Fsp3) is 0.292. The molecule has 65 heavy (non-hydrogen) atoms. The van der Waals surface area contributed by atoms with Gasteiger partial charge in [0.1, 0.15) is 15.8 Å². The van der Waals surface area contributed by atoms with Crippen molar-refractivity contribution in [2.24, 2.45) is 0 Å². The number of thiazole rings is 2. The molecule has 2 aromatic heterocycles. The summed E-state index contributed by atoms with van der Waals surface area (Å²) in [6.45, 7) is 0. The van der Waals surface area contributed by atoms with E-state index in [9.17, 15) is 36.7 Å². The van der Waals surface area contributed by atoms with Gasteiger partial charge in [0.15, 0.2) is 11.2 Å². The van der Waals surface area contributed by atoms with E-state index in [2.05, 4.69) is 25.9 Å². The number of halogens is 4. The molecule has 1 atom stereocenters. The van der Waals surface area contributed by atoms with Gasteiger partial charge < -0.3 is 25.4 Å². The predicted molar refractivity (Wildman–Crippen MR) is 238 cm³/mol. The monoisotopic (exact) mass is 923 g/mol. The van der Waals surface area contributed by atoms with Crippen LogP contribution in [-0.4, -0.2) is 33.8 Å². The minimum absolute atomic E-state index is 0.0276. The molecule has 0 aliphatic heterocycles. The Morgan fingerprint density at radius 1 is 0.677 bits per heavy atom. The Balaban J connectivity index is 0.769. The number of hydrogen-bond acceptors (Lipinski definition) is 10. The predicted octanol–water partition coefficient (Wildman–Crippen LogP) is 11.7. The highest BCUT2D eigenvalue weighted by atomic mass is 32.1. The van der Waals surface area contributed by atoms with Crippen LogP contribution in [0.4, 0.5) is 39.4 Å². The van der Waals surface area contributed by atoms with E-state index < -0.39 is 52.4 Å². The van der Waals surface area contributed by atoms with Gasteiger partial charge in [-0.2, -0.15) is 13.2 Å². The molecule has 3 aliphatic carbocycles. The molecule has 0 radical (unpaired) electrons. The van der Waals surface area contributed by atoms with E-state index in [1.807, 2.05) is 48.5 Å². The second kappa shape index (κ2) is 17.8. The number of nitrogens with one attached hydrogen (secondary N) is 3. The Bertz CT molecular complexity index is 2760. The summed E-state index contributed by atoms with van der Waals surface area (Å²) in [5, 5.41) is 8.94. The maximum atomic E-state index is 14.1. The summed E-state index contributed by atoms with van der Waals surface area (Å²) in [5.74, 6) is -2.23. The lowest BCUT2D eigenvalue weighted by atomic mass is 9.77. The summed E-state index contributed by atoms with van der Waals surface area (Å²) in [5.41, 5.74) is 1.45. The highest BCUT2D eigenvalue weighted by molar-refractivity contribution is 7.15. The molecule has 0 spiro atoms. The lowest BCUT2D eigenvalue weighted by Gasteiger charge is -2.39. The van der Waals surface area contributed by atoms with Crippen LogP contribution in [0.15, 0.2) is 103 Å². The van der Waals surface area contributed by atoms with Crippen LogP contribution in [0.1, 0.15) is 90.4 Å². The molecule has 0 bridgehead atoms. The molecule has 3 N–H and O–H groups in total. The Labute approximate surface area is 378 Å². The number of amides is 3. The van der Waals surface area contributed by atoms with Crippen LogP contribution < -0.4 is 16.0 Å². The van der Waals surface area contributed by atoms with Gasteiger partial charge >= 0.3 is 24.1 Å². The molecule has 11 nitrogen and oxygen atoms in total. The third-order valence-corrected chi connectivity index (χ3v) is 14.6. The molecule has 6 aromatic rings. The fourth-order valence-corrected chi connectivity index (χ4v) is 10.6. The van der Waals surface area contributed by atoms with Crippen molar-refractivity contribution in [3.05, 3.63) is 136 Å². The Kier molecular flexibility index (Phi) is 12.0. The third-order valence-electron chi connectivity index (χ3n) is 12.1. The molecule has 3 amide bonds. The van der Waals surface area contributed by atoms with Crippen molar-refractivity contribution in [1.29, 1.82) is 0 Å². The third kappa shape index (κ3) is 9.38. The number of alkyl halides is 3. The number of nitrogens with zero attached hydrogens (tertiary/aromatic N) is 2. The van der Waals surface area contributed by atoms with Crippen LogP contribution in [0.5, 0.6) is 0 Å². The zero-order valence-electron chi connectivity index (χ0n) is 34.6. The van der Waals surface area contributed by atoms with E-state index in [0.717, 1.165) is 52.1 Å².